The fraction of sp³-hybridized carbons (Fsp3) is 0.412. The van der Waals surface area contributed by atoms with Crippen molar-refractivity contribution in [3.8, 4) is 0 Å². The van der Waals surface area contributed by atoms with E-state index in [9.17, 15) is 9.59 Å². The second-order valence-electron chi connectivity index (χ2n) is 6.47. The number of nitrogens with zero attached hydrogens (tertiary/aromatic N) is 3. The summed E-state index contributed by atoms with van der Waals surface area (Å²) in [6.07, 6.45) is 2.62. The van der Waals surface area contributed by atoms with Crippen LogP contribution in [0.15, 0.2) is 36.9 Å². The Bertz CT molecular complexity index is 690. The van der Waals surface area contributed by atoms with Crippen LogP contribution in [0.25, 0.3) is 0 Å². The monoisotopic (exact) mass is 345 g/mol. The van der Waals surface area contributed by atoms with Gasteiger partial charge in [0.15, 0.2) is 0 Å². The number of nitrogens with one attached hydrogen (secondary N) is 2. The van der Waals surface area contributed by atoms with Crippen LogP contribution in [0.3, 0.4) is 0 Å². The molecule has 0 fully saturated rings. The van der Waals surface area contributed by atoms with Crippen LogP contribution in [0.5, 0.6) is 0 Å². The molecule has 0 aliphatic rings. The van der Waals surface area contributed by atoms with E-state index in [2.05, 4.69) is 20.7 Å². The maximum Gasteiger partial charge on any atom is 0.407 e. The molecule has 0 bridgehead atoms. The van der Waals surface area contributed by atoms with Crippen molar-refractivity contribution in [2.24, 2.45) is 0 Å². The van der Waals surface area contributed by atoms with Gasteiger partial charge in [0, 0.05) is 18.7 Å². The number of aromatic nitrogens is 3. The molecule has 0 radical (unpaired) electrons. The first-order valence-electron chi connectivity index (χ1n) is 8.00. The molecule has 0 saturated carbocycles. The number of hydrogen-bond donors (Lipinski definition) is 2. The first-order chi connectivity index (χ1) is 11.8. The smallest absolute Gasteiger partial charge is 0.407 e. The topological polar surface area (TPSA) is 98.1 Å². The molecule has 134 valence electrons. The molecule has 0 unspecified atom stereocenters. The molecule has 1 heterocycles. The zero-order chi connectivity index (χ0) is 18.3. The Kier molecular flexibility index (Phi) is 6.10. The molecule has 0 atom stereocenters. The number of rotatable bonds is 6. The Morgan fingerprint density at radius 3 is 2.40 bits per heavy atom. The van der Waals surface area contributed by atoms with Gasteiger partial charge in [0.1, 0.15) is 18.3 Å². The summed E-state index contributed by atoms with van der Waals surface area (Å²) in [4.78, 5) is 27.4. The van der Waals surface area contributed by atoms with Gasteiger partial charge in [-0.25, -0.2) is 14.5 Å². The zero-order valence-electron chi connectivity index (χ0n) is 14.7. The Morgan fingerprint density at radius 2 is 1.80 bits per heavy atom. The third-order valence-corrected chi connectivity index (χ3v) is 3.11. The summed E-state index contributed by atoms with van der Waals surface area (Å²) in [5, 5.41) is 9.37. The van der Waals surface area contributed by atoms with Crippen LogP contribution < -0.4 is 10.6 Å². The quantitative estimate of drug-likeness (QED) is 0.775. The van der Waals surface area contributed by atoms with E-state index in [0.717, 1.165) is 5.56 Å². The Hall–Kier alpha value is -2.90. The minimum atomic E-state index is -0.540. The number of hydrogen-bond acceptors (Lipinski definition) is 5. The van der Waals surface area contributed by atoms with Gasteiger partial charge in [-0.15, -0.1) is 0 Å². The van der Waals surface area contributed by atoms with Crippen molar-refractivity contribution < 1.29 is 14.3 Å². The summed E-state index contributed by atoms with van der Waals surface area (Å²) in [6.45, 7) is 6.59. The lowest BCUT2D eigenvalue weighted by Gasteiger charge is -2.19. The first kappa shape index (κ1) is 18.4. The second kappa shape index (κ2) is 8.27. The predicted molar refractivity (Wildman–Crippen MR) is 92.1 cm³/mol. The van der Waals surface area contributed by atoms with Crippen LogP contribution in [-0.4, -0.2) is 45.5 Å². The second-order valence-corrected chi connectivity index (χ2v) is 6.47. The number of carbonyl (C=O) groups is 2. The van der Waals surface area contributed by atoms with Gasteiger partial charge in [0.2, 0.25) is 0 Å². The van der Waals surface area contributed by atoms with Crippen molar-refractivity contribution in [2.45, 2.75) is 32.9 Å². The third kappa shape index (κ3) is 6.62. The lowest BCUT2D eigenvalue weighted by Crippen LogP contribution is -2.37. The van der Waals surface area contributed by atoms with Crippen LogP contribution in [0.4, 0.5) is 4.79 Å². The standard InChI is InChI=1S/C17H23N5O3/c1-17(2,3)25-16(24)20-9-8-19-15(23)14-6-4-13(5-7-14)10-22-12-18-11-21-22/h4-7,11-12H,8-10H2,1-3H3,(H,19,23)(H,20,24). The number of carbonyl (C=O) groups excluding carboxylic acids is 2. The van der Waals surface area contributed by atoms with Gasteiger partial charge in [-0.3, -0.25) is 4.79 Å². The van der Waals surface area contributed by atoms with E-state index in [-0.39, 0.29) is 5.91 Å². The molecule has 0 aliphatic heterocycles. The normalized spacial score (nSPS) is 11.0. The number of amides is 2. The minimum Gasteiger partial charge on any atom is -0.444 e. The van der Waals surface area contributed by atoms with Gasteiger partial charge >= 0.3 is 6.09 Å². The number of benzene rings is 1. The molecular formula is C17H23N5O3. The van der Waals surface area contributed by atoms with Crippen molar-refractivity contribution >= 4 is 12.0 Å². The highest BCUT2D eigenvalue weighted by Crippen LogP contribution is 2.07. The molecule has 25 heavy (non-hydrogen) atoms. The molecule has 0 spiro atoms. The molecule has 0 aliphatic carbocycles. The maximum atomic E-state index is 12.1. The van der Waals surface area contributed by atoms with Crippen LogP contribution in [0.1, 0.15) is 36.7 Å². The van der Waals surface area contributed by atoms with Crippen molar-refractivity contribution in [2.75, 3.05) is 13.1 Å². The summed E-state index contributed by atoms with van der Waals surface area (Å²) < 4.78 is 6.82. The lowest BCUT2D eigenvalue weighted by molar-refractivity contribution is 0.0526. The van der Waals surface area contributed by atoms with E-state index in [4.69, 9.17) is 4.74 Å². The fourth-order valence-corrected chi connectivity index (χ4v) is 2.02. The van der Waals surface area contributed by atoms with Gasteiger partial charge in [-0.05, 0) is 38.5 Å². The number of alkyl carbamates (subject to hydrolysis) is 1. The van der Waals surface area contributed by atoms with Crippen molar-refractivity contribution in [1.29, 1.82) is 0 Å². The molecular weight excluding hydrogens is 322 g/mol. The first-order valence-corrected chi connectivity index (χ1v) is 8.00. The SMILES string of the molecule is CC(C)(C)OC(=O)NCCNC(=O)c1ccc(Cn2cncn2)cc1. The summed E-state index contributed by atoms with van der Waals surface area (Å²) in [6, 6.07) is 7.25. The third-order valence-electron chi connectivity index (χ3n) is 3.11. The van der Waals surface area contributed by atoms with Crippen molar-refractivity contribution in [1.82, 2.24) is 25.4 Å². The van der Waals surface area contributed by atoms with E-state index in [0.29, 0.717) is 25.2 Å². The molecule has 0 saturated heterocycles. The highest BCUT2D eigenvalue weighted by Gasteiger charge is 2.15. The molecule has 8 nitrogen and oxygen atoms in total. The van der Waals surface area contributed by atoms with Crippen LogP contribution >= 0.6 is 0 Å². The van der Waals surface area contributed by atoms with Gasteiger partial charge in [-0.1, -0.05) is 12.1 Å². The van der Waals surface area contributed by atoms with Gasteiger partial charge in [-0.2, -0.15) is 5.10 Å². The summed E-state index contributed by atoms with van der Waals surface area (Å²) in [5.74, 6) is -0.196. The Balaban J connectivity index is 1.73. The molecule has 2 aromatic rings. The average molecular weight is 345 g/mol. The predicted octanol–water partition coefficient (Wildman–Crippen LogP) is 1.58. The van der Waals surface area contributed by atoms with Gasteiger partial charge in [0.25, 0.3) is 5.91 Å². The highest BCUT2D eigenvalue weighted by atomic mass is 16.6. The fourth-order valence-electron chi connectivity index (χ4n) is 2.02. The number of ether oxygens (including phenoxy) is 1. The largest absolute Gasteiger partial charge is 0.444 e. The van der Waals surface area contributed by atoms with Gasteiger partial charge < -0.3 is 15.4 Å². The summed E-state index contributed by atoms with van der Waals surface area (Å²) in [7, 11) is 0. The van der Waals surface area contributed by atoms with Gasteiger partial charge in [0.05, 0.1) is 6.54 Å². The molecule has 2 rings (SSSR count). The molecule has 8 heteroatoms. The molecule has 2 N–H and O–H groups in total. The van der Waals surface area contributed by atoms with E-state index in [1.165, 1.54) is 6.33 Å². The summed E-state index contributed by atoms with van der Waals surface area (Å²) in [5.41, 5.74) is 1.04. The van der Waals surface area contributed by atoms with Crippen LogP contribution in [0, 0.1) is 0 Å². The average Bonchev–Trinajstić information content (AvgIpc) is 3.03. The van der Waals surface area contributed by atoms with Crippen LogP contribution in [-0.2, 0) is 11.3 Å². The molecule has 1 aromatic carbocycles. The zero-order valence-corrected chi connectivity index (χ0v) is 14.7. The summed E-state index contributed by atoms with van der Waals surface area (Å²) >= 11 is 0. The van der Waals surface area contributed by atoms with Crippen molar-refractivity contribution in [3.05, 3.63) is 48.0 Å². The Morgan fingerprint density at radius 1 is 1.12 bits per heavy atom. The van der Waals surface area contributed by atoms with Crippen molar-refractivity contribution in [3.63, 3.8) is 0 Å². The molecule has 2 amide bonds. The minimum absolute atomic E-state index is 0.196. The highest BCUT2D eigenvalue weighted by molar-refractivity contribution is 5.94. The Labute approximate surface area is 146 Å². The lowest BCUT2D eigenvalue weighted by atomic mass is 10.1. The van der Waals surface area contributed by atoms with E-state index < -0.39 is 11.7 Å². The van der Waals surface area contributed by atoms with E-state index in [1.54, 1.807) is 43.9 Å². The maximum absolute atomic E-state index is 12.1. The van der Waals surface area contributed by atoms with E-state index >= 15 is 0 Å². The molecule has 1 aromatic heterocycles. The van der Waals surface area contributed by atoms with E-state index in [1.807, 2.05) is 12.1 Å². The van der Waals surface area contributed by atoms with Crippen LogP contribution in [0.2, 0.25) is 0 Å².